The lowest BCUT2D eigenvalue weighted by atomic mass is 9.86. The third-order valence-electron chi connectivity index (χ3n) is 5.75. The average Bonchev–Trinajstić information content (AvgIpc) is 2.74. The Morgan fingerprint density at radius 3 is 2.48 bits per heavy atom. The Kier molecular flexibility index (Phi) is 5.34. The highest BCUT2D eigenvalue weighted by atomic mass is 16.4. The van der Waals surface area contributed by atoms with Gasteiger partial charge in [0.25, 0.3) is 0 Å². The van der Waals surface area contributed by atoms with Crippen LogP contribution in [0, 0.1) is 0 Å². The zero-order valence-corrected chi connectivity index (χ0v) is 17.0. The number of carboxylic acids is 1. The van der Waals surface area contributed by atoms with Crippen LogP contribution in [-0.2, 0) is 6.42 Å². The highest BCUT2D eigenvalue weighted by molar-refractivity contribution is 6.05. The van der Waals surface area contributed by atoms with Crippen molar-refractivity contribution in [3.8, 4) is 0 Å². The van der Waals surface area contributed by atoms with E-state index in [9.17, 15) is 9.90 Å². The van der Waals surface area contributed by atoms with Gasteiger partial charge in [-0.15, -0.1) is 0 Å². The van der Waals surface area contributed by atoms with E-state index >= 15 is 0 Å². The molecular formula is C25H26N2O2. The number of aromatic carboxylic acids is 1. The molecule has 0 radical (unpaired) electrons. The molecule has 4 rings (SSSR count). The molecule has 4 nitrogen and oxygen atoms in total. The number of pyridine rings is 1. The largest absolute Gasteiger partial charge is 0.478 e. The molecule has 29 heavy (non-hydrogen) atoms. The van der Waals surface area contributed by atoms with Crippen molar-refractivity contribution in [2.75, 3.05) is 18.0 Å². The van der Waals surface area contributed by atoms with Crippen LogP contribution in [0.1, 0.15) is 53.9 Å². The van der Waals surface area contributed by atoms with Crippen molar-refractivity contribution in [1.29, 1.82) is 0 Å². The molecule has 0 atom stereocenters. The number of carboxylic acid groups (broad SMARTS) is 1. The van der Waals surface area contributed by atoms with Crippen LogP contribution in [0.25, 0.3) is 22.6 Å². The van der Waals surface area contributed by atoms with Gasteiger partial charge in [0.2, 0.25) is 0 Å². The molecule has 1 aromatic heterocycles. The maximum absolute atomic E-state index is 12.1. The van der Waals surface area contributed by atoms with E-state index in [1.165, 1.54) is 5.69 Å². The molecule has 2 aromatic carbocycles. The van der Waals surface area contributed by atoms with E-state index in [1.807, 2.05) is 24.3 Å². The molecule has 0 saturated heterocycles. The summed E-state index contributed by atoms with van der Waals surface area (Å²) in [5, 5.41) is 10.6. The van der Waals surface area contributed by atoms with Crippen molar-refractivity contribution in [1.82, 2.24) is 4.98 Å². The summed E-state index contributed by atoms with van der Waals surface area (Å²) in [7, 11) is 0. The Morgan fingerprint density at radius 2 is 1.79 bits per heavy atom. The number of allylic oxidation sites excluding steroid dienone is 1. The zero-order valence-electron chi connectivity index (χ0n) is 17.0. The fourth-order valence-electron chi connectivity index (χ4n) is 4.29. The molecule has 1 aliphatic carbocycles. The summed E-state index contributed by atoms with van der Waals surface area (Å²) in [6, 6.07) is 16.1. The van der Waals surface area contributed by atoms with Gasteiger partial charge in [-0.3, -0.25) is 0 Å². The summed E-state index contributed by atoms with van der Waals surface area (Å²) in [5.41, 5.74) is 6.33. The number of anilines is 1. The molecular weight excluding hydrogens is 360 g/mol. The summed E-state index contributed by atoms with van der Waals surface area (Å²) in [6.45, 7) is 6.29. The topological polar surface area (TPSA) is 53.4 Å². The van der Waals surface area contributed by atoms with Crippen LogP contribution in [0.15, 0.2) is 48.5 Å². The first-order valence-electron chi connectivity index (χ1n) is 10.3. The highest BCUT2D eigenvalue weighted by Gasteiger charge is 2.24. The monoisotopic (exact) mass is 386 g/mol. The fourth-order valence-corrected chi connectivity index (χ4v) is 4.29. The fraction of sp³-hybridized carbons (Fsp3) is 0.280. The number of para-hydroxylation sites is 1. The molecule has 0 bridgehead atoms. The SMILES string of the molecule is CCN(CC)c1ccc(C=C2CCCc3c2nc2ccccc2c3C(=O)O)cc1. The van der Waals surface area contributed by atoms with Gasteiger partial charge < -0.3 is 10.0 Å². The molecule has 0 fully saturated rings. The standard InChI is InChI=1S/C25H26N2O2/c1-3-27(4-2)19-14-12-17(13-15-19)16-18-8-7-10-21-23(25(28)29)20-9-5-6-11-22(20)26-24(18)21/h5-6,9,11-16H,3-4,7-8,10H2,1-2H3,(H,28,29). The molecule has 0 saturated carbocycles. The average molecular weight is 386 g/mol. The predicted molar refractivity (Wildman–Crippen MR) is 120 cm³/mol. The normalized spacial score (nSPS) is 14.8. The Hall–Kier alpha value is -3.14. The Labute approximate surface area is 171 Å². The molecule has 0 aliphatic heterocycles. The molecule has 4 heteroatoms. The van der Waals surface area contributed by atoms with Crippen molar-refractivity contribution in [3.63, 3.8) is 0 Å². The molecule has 1 heterocycles. The van der Waals surface area contributed by atoms with Gasteiger partial charge in [0.1, 0.15) is 0 Å². The van der Waals surface area contributed by atoms with Gasteiger partial charge in [0.05, 0.1) is 16.8 Å². The summed E-state index contributed by atoms with van der Waals surface area (Å²) < 4.78 is 0. The second kappa shape index (κ2) is 8.08. The van der Waals surface area contributed by atoms with Crippen molar-refractivity contribution >= 4 is 34.2 Å². The Bertz CT molecular complexity index is 1080. The minimum absolute atomic E-state index is 0.410. The van der Waals surface area contributed by atoms with Crippen molar-refractivity contribution in [2.45, 2.75) is 33.1 Å². The molecule has 1 N–H and O–H groups in total. The lowest BCUT2D eigenvalue weighted by Crippen LogP contribution is -2.21. The zero-order chi connectivity index (χ0) is 20.4. The number of hydrogen-bond donors (Lipinski definition) is 1. The maximum Gasteiger partial charge on any atom is 0.336 e. The van der Waals surface area contributed by atoms with E-state index < -0.39 is 5.97 Å². The summed E-state index contributed by atoms with van der Waals surface area (Å²) in [5.74, 6) is -0.871. The molecule has 0 amide bonds. The molecule has 0 spiro atoms. The lowest BCUT2D eigenvalue weighted by Gasteiger charge is -2.22. The summed E-state index contributed by atoms with van der Waals surface area (Å²) in [6.07, 6.45) is 4.77. The maximum atomic E-state index is 12.1. The number of carbonyl (C=O) groups is 1. The van der Waals surface area contributed by atoms with Gasteiger partial charge in [-0.05, 0) is 74.1 Å². The third kappa shape index (κ3) is 3.63. The number of hydrogen-bond acceptors (Lipinski definition) is 3. The summed E-state index contributed by atoms with van der Waals surface area (Å²) >= 11 is 0. The highest BCUT2D eigenvalue weighted by Crippen LogP contribution is 2.36. The minimum Gasteiger partial charge on any atom is -0.478 e. The first-order valence-corrected chi connectivity index (χ1v) is 10.3. The second-order valence-corrected chi connectivity index (χ2v) is 7.42. The van der Waals surface area contributed by atoms with Crippen molar-refractivity contribution in [3.05, 3.63) is 70.9 Å². The van der Waals surface area contributed by atoms with Crippen LogP contribution in [-0.4, -0.2) is 29.1 Å². The first kappa shape index (κ1) is 19.2. The number of aromatic nitrogens is 1. The Balaban J connectivity index is 1.80. The number of rotatable bonds is 5. The van der Waals surface area contributed by atoms with Crippen LogP contribution in [0.5, 0.6) is 0 Å². The van der Waals surface area contributed by atoms with Gasteiger partial charge in [-0.2, -0.15) is 0 Å². The van der Waals surface area contributed by atoms with E-state index in [0.29, 0.717) is 5.56 Å². The third-order valence-corrected chi connectivity index (χ3v) is 5.75. The van der Waals surface area contributed by atoms with Crippen LogP contribution in [0.2, 0.25) is 0 Å². The van der Waals surface area contributed by atoms with E-state index in [4.69, 9.17) is 4.98 Å². The van der Waals surface area contributed by atoms with Crippen molar-refractivity contribution < 1.29 is 9.90 Å². The van der Waals surface area contributed by atoms with E-state index in [-0.39, 0.29) is 0 Å². The van der Waals surface area contributed by atoms with E-state index in [0.717, 1.165) is 65.6 Å². The first-order chi connectivity index (χ1) is 14.1. The van der Waals surface area contributed by atoms with Crippen LogP contribution >= 0.6 is 0 Å². The molecule has 148 valence electrons. The number of nitrogens with zero attached hydrogens (tertiary/aromatic N) is 2. The number of fused-ring (bicyclic) bond motifs is 2. The van der Waals surface area contributed by atoms with Gasteiger partial charge in [0.15, 0.2) is 0 Å². The minimum atomic E-state index is -0.871. The number of benzene rings is 2. The smallest absolute Gasteiger partial charge is 0.336 e. The quantitative estimate of drug-likeness (QED) is 0.615. The predicted octanol–water partition coefficient (Wildman–Crippen LogP) is 5.66. The van der Waals surface area contributed by atoms with Gasteiger partial charge in [0, 0.05) is 24.2 Å². The van der Waals surface area contributed by atoms with Crippen molar-refractivity contribution in [2.24, 2.45) is 0 Å². The summed E-state index contributed by atoms with van der Waals surface area (Å²) in [4.78, 5) is 19.2. The van der Waals surface area contributed by atoms with Gasteiger partial charge >= 0.3 is 5.97 Å². The van der Waals surface area contributed by atoms with E-state index in [1.54, 1.807) is 0 Å². The van der Waals surface area contributed by atoms with Crippen LogP contribution < -0.4 is 4.90 Å². The molecule has 3 aromatic rings. The van der Waals surface area contributed by atoms with Crippen LogP contribution in [0.4, 0.5) is 5.69 Å². The Morgan fingerprint density at radius 1 is 1.07 bits per heavy atom. The van der Waals surface area contributed by atoms with Crippen LogP contribution in [0.3, 0.4) is 0 Å². The lowest BCUT2D eigenvalue weighted by molar-refractivity contribution is 0.0697. The van der Waals surface area contributed by atoms with Gasteiger partial charge in [-0.25, -0.2) is 9.78 Å². The van der Waals surface area contributed by atoms with E-state index in [2.05, 4.69) is 49.1 Å². The van der Waals surface area contributed by atoms with Gasteiger partial charge in [-0.1, -0.05) is 30.3 Å². The second-order valence-electron chi connectivity index (χ2n) is 7.42. The molecule has 0 unspecified atom stereocenters. The molecule has 1 aliphatic rings.